The minimum absolute atomic E-state index is 0.132. The van der Waals surface area contributed by atoms with Gasteiger partial charge in [-0.05, 0) is 20.8 Å². The minimum Gasteiger partial charge on any atom is -0.345 e. The first-order chi connectivity index (χ1) is 7.09. The van der Waals surface area contributed by atoms with Crippen molar-refractivity contribution in [1.82, 2.24) is 20.5 Å². The van der Waals surface area contributed by atoms with Crippen LogP contribution in [0.25, 0.3) is 0 Å². The smallest absolute Gasteiger partial charge is 0.291 e. The standard InChI is InChI=1S/C11H20N4O/c1-10(2,3)9-12-7(14-15-9)8(16)13-11(4,5)6/h1-6H3,(H,13,16)(H,12,14,15). The lowest BCUT2D eigenvalue weighted by atomic mass is 9.96. The Morgan fingerprint density at radius 3 is 2.12 bits per heavy atom. The Kier molecular flexibility index (Phi) is 3.08. The van der Waals surface area contributed by atoms with Crippen LogP contribution in [-0.2, 0) is 5.41 Å². The largest absolute Gasteiger partial charge is 0.345 e. The fraction of sp³-hybridized carbons (Fsp3) is 0.727. The molecule has 5 heteroatoms. The maximum atomic E-state index is 11.7. The highest BCUT2D eigenvalue weighted by atomic mass is 16.2. The van der Waals surface area contributed by atoms with Crippen molar-refractivity contribution in [2.45, 2.75) is 52.5 Å². The lowest BCUT2D eigenvalue weighted by molar-refractivity contribution is 0.0909. The van der Waals surface area contributed by atoms with Gasteiger partial charge in [0.15, 0.2) is 0 Å². The van der Waals surface area contributed by atoms with Crippen LogP contribution < -0.4 is 5.32 Å². The average molecular weight is 224 g/mol. The third kappa shape index (κ3) is 3.32. The van der Waals surface area contributed by atoms with Crippen LogP contribution in [0.1, 0.15) is 58.0 Å². The molecule has 1 amide bonds. The van der Waals surface area contributed by atoms with E-state index in [1.807, 2.05) is 41.5 Å². The number of carbonyl (C=O) groups excluding carboxylic acids is 1. The van der Waals surface area contributed by atoms with Crippen molar-refractivity contribution >= 4 is 5.91 Å². The van der Waals surface area contributed by atoms with Gasteiger partial charge >= 0.3 is 0 Å². The Balaban J connectivity index is 2.83. The highest BCUT2D eigenvalue weighted by Crippen LogP contribution is 2.17. The summed E-state index contributed by atoms with van der Waals surface area (Å²) < 4.78 is 0. The summed E-state index contributed by atoms with van der Waals surface area (Å²) in [7, 11) is 0. The average Bonchev–Trinajstić information content (AvgIpc) is 2.46. The van der Waals surface area contributed by atoms with Crippen LogP contribution in [0.15, 0.2) is 0 Å². The Labute approximate surface area is 96.0 Å². The quantitative estimate of drug-likeness (QED) is 0.761. The Morgan fingerprint density at radius 2 is 1.75 bits per heavy atom. The number of hydrogen-bond acceptors (Lipinski definition) is 3. The molecule has 0 radical (unpaired) electrons. The van der Waals surface area contributed by atoms with Gasteiger partial charge in [0.25, 0.3) is 5.91 Å². The molecule has 0 saturated heterocycles. The zero-order valence-electron chi connectivity index (χ0n) is 10.8. The fourth-order valence-electron chi connectivity index (χ4n) is 1.10. The van der Waals surface area contributed by atoms with Crippen molar-refractivity contribution in [3.05, 3.63) is 11.6 Å². The third-order valence-electron chi connectivity index (χ3n) is 1.89. The predicted octanol–water partition coefficient (Wildman–Crippen LogP) is 1.63. The number of hydrogen-bond donors (Lipinski definition) is 2. The second-order valence-electron chi connectivity index (χ2n) is 5.96. The summed E-state index contributed by atoms with van der Waals surface area (Å²) in [5.74, 6) is 0.658. The molecular formula is C11H20N4O. The monoisotopic (exact) mass is 224 g/mol. The lowest BCUT2D eigenvalue weighted by Crippen LogP contribution is -2.41. The summed E-state index contributed by atoms with van der Waals surface area (Å²) in [6.45, 7) is 11.8. The van der Waals surface area contributed by atoms with Gasteiger partial charge in [0.2, 0.25) is 5.82 Å². The zero-order chi connectivity index (χ0) is 12.6. The van der Waals surface area contributed by atoms with E-state index in [0.717, 1.165) is 0 Å². The maximum absolute atomic E-state index is 11.7. The van der Waals surface area contributed by atoms with E-state index in [1.165, 1.54) is 0 Å². The maximum Gasteiger partial charge on any atom is 0.291 e. The van der Waals surface area contributed by atoms with Gasteiger partial charge in [-0.2, -0.15) is 0 Å². The van der Waals surface area contributed by atoms with Crippen LogP contribution in [0.2, 0.25) is 0 Å². The normalized spacial score (nSPS) is 12.6. The highest BCUT2D eigenvalue weighted by molar-refractivity contribution is 5.90. The molecule has 16 heavy (non-hydrogen) atoms. The second-order valence-corrected chi connectivity index (χ2v) is 5.96. The van der Waals surface area contributed by atoms with Crippen molar-refractivity contribution in [1.29, 1.82) is 0 Å². The molecule has 0 saturated carbocycles. The van der Waals surface area contributed by atoms with Crippen LogP contribution >= 0.6 is 0 Å². The molecule has 0 aliphatic carbocycles. The molecule has 1 aromatic heterocycles. The Hall–Kier alpha value is -1.39. The molecule has 0 bridgehead atoms. The number of amides is 1. The summed E-state index contributed by atoms with van der Waals surface area (Å²) >= 11 is 0. The first-order valence-corrected chi connectivity index (χ1v) is 5.35. The van der Waals surface area contributed by atoms with Crippen molar-refractivity contribution < 1.29 is 4.79 Å². The minimum atomic E-state index is -0.278. The number of nitrogens with one attached hydrogen (secondary N) is 2. The van der Waals surface area contributed by atoms with E-state index < -0.39 is 0 Å². The molecule has 0 spiro atoms. The molecule has 0 aromatic carbocycles. The van der Waals surface area contributed by atoms with E-state index >= 15 is 0 Å². The van der Waals surface area contributed by atoms with Gasteiger partial charge in [0.05, 0.1) is 0 Å². The van der Waals surface area contributed by atoms with E-state index in [4.69, 9.17) is 0 Å². The highest BCUT2D eigenvalue weighted by Gasteiger charge is 2.23. The summed E-state index contributed by atoms with van der Waals surface area (Å²) in [6, 6.07) is 0. The first kappa shape index (κ1) is 12.7. The Morgan fingerprint density at radius 1 is 1.19 bits per heavy atom. The van der Waals surface area contributed by atoms with Gasteiger partial charge in [0, 0.05) is 11.0 Å². The van der Waals surface area contributed by atoms with Crippen molar-refractivity contribution in [2.75, 3.05) is 0 Å². The number of aromatic amines is 1. The van der Waals surface area contributed by atoms with Crippen LogP contribution in [0.4, 0.5) is 0 Å². The molecule has 0 atom stereocenters. The van der Waals surface area contributed by atoms with Gasteiger partial charge in [-0.1, -0.05) is 20.8 Å². The van der Waals surface area contributed by atoms with E-state index in [1.54, 1.807) is 0 Å². The molecule has 0 aliphatic rings. The topological polar surface area (TPSA) is 70.7 Å². The Bertz CT molecular complexity index is 381. The van der Waals surface area contributed by atoms with Crippen molar-refractivity contribution in [2.24, 2.45) is 0 Å². The fourth-order valence-corrected chi connectivity index (χ4v) is 1.10. The van der Waals surface area contributed by atoms with Gasteiger partial charge in [-0.25, -0.2) is 4.98 Å². The van der Waals surface area contributed by atoms with E-state index in [9.17, 15) is 4.79 Å². The van der Waals surface area contributed by atoms with Crippen LogP contribution in [-0.4, -0.2) is 26.6 Å². The predicted molar refractivity (Wildman–Crippen MR) is 62.3 cm³/mol. The molecule has 2 N–H and O–H groups in total. The molecule has 1 heterocycles. The SMILES string of the molecule is CC(C)(C)NC(=O)c1n[nH]c(C(C)(C)C)n1. The van der Waals surface area contributed by atoms with Gasteiger partial charge in [-0.15, -0.1) is 5.10 Å². The van der Waals surface area contributed by atoms with E-state index in [-0.39, 0.29) is 22.7 Å². The number of aromatic nitrogens is 3. The van der Waals surface area contributed by atoms with Crippen molar-refractivity contribution in [3.8, 4) is 0 Å². The van der Waals surface area contributed by atoms with Crippen LogP contribution in [0, 0.1) is 0 Å². The molecule has 0 fully saturated rings. The summed E-state index contributed by atoms with van der Waals surface area (Å²) in [5, 5.41) is 9.53. The van der Waals surface area contributed by atoms with Crippen LogP contribution in [0.5, 0.6) is 0 Å². The molecule has 1 rings (SSSR count). The summed E-state index contributed by atoms with van der Waals surface area (Å²) in [5.41, 5.74) is -0.410. The number of carbonyl (C=O) groups is 1. The summed E-state index contributed by atoms with van der Waals surface area (Å²) in [4.78, 5) is 15.9. The number of nitrogens with zero attached hydrogens (tertiary/aromatic N) is 2. The molecule has 5 nitrogen and oxygen atoms in total. The number of rotatable bonds is 1. The van der Waals surface area contributed by atoms with Gasteiger partial charge in [-0.3, -0.25) is 9.89 Å². The van der Waals surface area contributed by atoms with Crippen LogP contribution in [0.3, 0.4) is 0 Å². The molecular weight excluding hydrogens is 204 g/mol. The summed E-state index contributed by atoms with van der Waals surface area (Å²) in [6.07, 6.45) is 0. The lowest BCUT2D eigenvalue weighted by Gasteiger charge is -2.19. The van der Waals surface area contributed by atoms with Crippen molar-refractivity contribution in [3.63, 3.8) is 0 Å². The molecule has 1 aromatic rings. The first-order valence-electron chi connectivity index (χ1n) is 5.35. The van der Waals surface area contributed by atoms with Gasteiger partial charge in [0.1, 0.15) is 5.82 Å². The number of H-pyrrole nitrogens is 1. The second kappa shape index (κ2) is 3.88. The van der Waals surface area contributed by atoms with E-state index in [0.29, 0.717) is 5.82 Å². The zero-order valence-corrected chi connectivity index (χ0v) is 10.8. The molecule has 0 aliphatic heterocycles. The van der Waals surface area contributed by atoms with E-state index in [2.05, 4.69) is 20.5 Å². The van der Waals surface area contributed by atoms with Gasteiger partial charge < -0.3 is 5.32 Å². The molecule has 90 valence electrons. The third-order valence-corrected chi connectivity index (χ3v) is 1.89. The molecule has 0 unspecified atom stereocenters.